The first-order valence-corrected chi connectivity index (χ1v) is 7.87. The molecule has 106 valence electrons. The van der Waals surface area contributed by atoms with Gasteiger partial charge in [-0.25, -0.2) is 0 Å². The molecule has 2 aromatic rings. The average Bonchev–Trinajstić information content (AvgIpc) is 3.20. The number of benzene rings is 1. The molecule has 0 radical (unpaired) electrons. The Labute approximate surface area is 123 Å². The fourth-order valence-corrected chi connectivity index (χ4v) is 2.94. The minimum atomic E-state index is 0.789. The van der Waals surface area contributed by atoms with Crippen LogP contribution in [0, 0.1) is 0 Å². The molecule has 0 bridgehead atoms. The van der Waals surface area contributed by atoms with Crippen molar-refractivity contribution in [1.82, 2.24) is 15.5 Å². The molecule has 0 unspecified atom stereocenters. The fourth-order valence-electron chi connectivity index (χ4n) is 2.06. The first-order chi connectivity index (χ1) is 9.85. The maximum atomic E-state index is 5.24. The Balaban J connectivity index is 1.57. The molecule has 0 aliphatic heterocycles. The summed E-state index contributed by atoms with van der Waals surface area (Å²) >= 11 is 1.67. The summed E-state index contributed by atoms with van der Waals surface area (Å²) in [6, 6.07) is 8.75. The van der Waals surface area contributed by atoms with Crippen LogP contribution in [0.4, 0.5) is 0 Å². The van der Waals surface area contributed by atoms with E-state index in [1.165, 1.54) is 12.8 Å². The van der Waals surface area contributed by atoms with Crippen molar-refractivity contribution in [3.8, 4) is 16.3 Å². The van der Waals surface area contributed by atoms with E-state index >= 15 is 0 Å². The molecule has 0 atom stereocenters. The van der Waals surface area contributed by atoms with Crippen molar-refractivity contribution in [3.63, 3.8) is 0 Å². The Bertz CT molecular complexity index is 566. The summed E-state index contributed by atoms with van der Waals surface area (Å²) < 4.78 is 5.24. The molecule has 1 fully saturated rings. The minimum Gasteiger partial charge on any atom is -0.497 e. The maximum absolute atomic E-state index is 5.24. The number of hydrogen-bond acceptors (Lipinski definition) is 5. The highest BCUT2D eigenvalue weighted by molar-refractivity contribution is 7.14. The van der Waals surface area contributed by atoms with E-state index in [0.29, 0.717) is 0 Å². The van der Waals surface area contributed by atoms with Crippen LogP contribution in [-0.2, 0) is 6.42 Å². The lowest BCUT2D eigenvalue weighted by molar-refractivity contribution is 0.415. The average molecular weight is 289 g/mol. The molecule has 1 aromatic carbocycles. The summed E-state index contributed by atoms with van der Waals surface area (Å²) in [6.07, 6.45) is 4.82. The Morgan fingerprint density at radius 2 is 2.25 bits per heavy atom. The molecule has 1 saturated carbocycles. The molecular formula is C15H19N3OS. The number of nitrogens with one attached hydrogen (secondary N) is 1. The van der Waals surface area contributed by atoms with Crippen LogP contribution in [-0.4, -0.2) is 29.9 Å². The molecule has 20 heavy (non-hydrogen) atoms. The summed E-state index contributed by atoms with van der Waals surface area (Å²) in [5.41, 5.74) is 1.07. The van der Waals surface area contributed by atoms with Crippen LogP contribution in [0.1, 0.15) is 24.3 Å². The Hall–Kier alpha value is -1.46. The molecule has 0 amide bonds. The highest BCUT2D eigenvalue weighted by atomic mass is 32.1. The van der Waals surface area contributed by atoms with Gasteiger partial charge in [-0.2, -0.15) is 0 Å². The predicted molar refractivity (Wildman–Crippen MR) is 81.2 cm³/mol. The molecule has 5 heteroatoms. The third-order valence-electron chi connectivity index (χ3n) is 3.36. The third-order valence-corrected chi connectivity index (χ3v) is 4.39. The van der Waals surface area contributed by atoms with Gasteiger partial charge in [0.25, 0.3) is 0 Å². The molecule has 3 rings (SSSR count). The second kappa shape index (κ2) is 6.33. The van der Waals surface area contributed by atoms with E-state index in [9.17, 15) is 0 Å². The molecule has 0 spiro atoms. The second-order valence-electron chi connectivity index (χ2n) is 5.06. The van der Waals surface area contributed by atoms with Crippen molar-refractivity contribution >= 4 is 11.3 Å². The lowest BCUT2D eigenvalue weighted by Gasteiger charge is -2.00. The van der Waals surface area contributed by atoms with Gasteiger partial charge in [-0.1, -0.05) is 23.5 Å². The highest BCUT2D eigenvalue weighted by Crippen LogP contribution is 2.27. The number of hydrogen-bond donors (Lipinski definition) is 1. The molecule has 0 saturated heterocycles. The van der Waals surface area contributed by atoms with Gasteiger partial charge in [-0.3, -0.25) is 0 Å². The summed E-state index contributed by atoms with van der Waals surface area (Å²) in [5.74, 6) is 0.855. The van der Waals surface area contributed by atoms with Crippen LogP contribution < -0.4 is 10.1 Å². The molecular weight excluding hydrogens is 270 g/mol. The first-order valence-electron chi connectivity index (χ1n) is 7.05. The number of methoxy groups -OCH3 is 1. The van der Waals surface area contributed by atoms with Crippen molar-refractivity contribution in [3.05, 3.63) is 29.3 Å². The Morgan fingerprint density at radius 1 is 1.35 bits per heavy atom. The van der Waals surface area contributed by atoms with E-state index < -0.39 is 0 Å². The summed E-state index contributed by atoms with van der Waals surface area (Å²) in [4.78, 5) is 0. The number of aryl methyl sites for hydroxylation is 1. The van der Waals surface area contributed by atoms with Crippen LogP contribution in [0.15, 0.2) is 24.3 Å². The molecule has 1 aromatic heterocycles. The number of aromatic nitrogens is 2. The van der Waals surface area contributed by atoms with Gasteiger partial charge < -0.3 is 10.1 Å². The fraction of sp³-hybridized carbons (Fsp3) is 0.467. The van der Waals surface area contributed by atoms with E-state index in [1.807, 2.05) is 24.3 Å². The molecule has 1 aliphatic carbocycles. The van der Waals surface area contributed by atoms with Gasteiger partial charge in [0.1, 0.15) is 15.8 Å². The molecule has 4 nitrogen and oxygen atoms in total. The summed E-state index contributed by atoms with van der Waals surface area (Å²) in [6.45, 7) is 1.08. The Kier molecular flexibility index (Phi) is 4.28. The largest absolute Gasteiger partial charge is 0.497 e. The monoisotopic (exact) mass is 289 g/mol. The van der Waals surface area contributed by atoms with Crippen molar-refractivity contribution in [2.24, 2.45) is 0 Å². The van der Waals surface area contributed by atoms with Crippen LogP contribution >= 0.6 is 11.3 Å². The van der Waals surface area contributed by atoms with Crippen LogP contribution in [0.25, 0.3) is 10.6 Å². The number of ether oxygens (including phenoxy) is 1. The van der Waals surface area contributed by atoms with Crippen molar-refractivity contribution in [1.29, 1.82) is 0 Å². The summed E-state index contributed by atoms with van der Waals surface area (Å²) in [5, 5.41) is 14.2. The van der Waals surface area contributed by atoms with E-state index in [4.69, 9.17) is 4.74 Å². The zero-order valence-corrected chi connectivity index (χ0v) is 12.4. The van der Waals surface area contributed by atoms with Crippen molar-refractivity contribution in [2.45, 2.75) is 31.7 Å². The van der Waals surface area contributed by atoms with Gasteiger partial charge in [-0.15, -0.1) is 10.2 Å². The van der Waals surface area contributed by atoms with Crippen molar-refractivity contribution < 1.29 is 4.74 Å². The van der Waals surface area contributed by atoms with Gasteiger partial charge in [0, 0.05) is 18.0 Å². The highest BCUT2D eigenvalue weighted by Gasteiger charge is 2.19. The van der Waals surface area contributed by atoms with E-state index in [1.54, 1.807) is 18.4 Å². The normalized spacial score (nSPS) is 14.4. The first kappa shape index (κ1) is 13.5. The molecule has 1 aliphatic rings. The lowest BCUT2D eigenvalue weighted by atomic mass is 10.2. The zero-order chi connectivity index (χ0) is 13.8. The van der Waals surface area contributed by atoms with Gasteiger partial charge in [0.15, 0.2) is 0 Å². The van der Waals surface area contributed by atoms with E-state index in [0.717, 1.165) is 46.8 Å². The lowest BCUT2D eigenvalue weighted by Crippen LogP contribution is -2.17. The van der Waals surface area contributed by atoms with Crippen LogP contribution in [0.3, 0.4) is 0 Å². The van der Waals surface area contributed by atoms with Gasteiger partial charge in [0.2, 0.25) is 0 Å². The van der Waals surface area contributed by atoms with E-state index in [2.05, 4.69) is 15.5 Å². The molecule has 1 N–H and O–H groups in total. The Morgan fingerprint density at radius 3 is 3.05 bits per heavy atom. The topological polar surface area (TPSA) is 47.0 Å². The number of rotatable bonds is 7. The quantitative estimate of drug-likeness (QED) is 0.796. The van der Waals surface area contributed by atoms with E-state index in [-0.39, 0.29) is 0 Å². The van der Waals surface area contributed by atoms with Gasteiger partial charge in [0.05, 0.1) is 7.11 Å². The smallest absolute Gasteiger partial charge is 0.147 e. The van der Waals surface area contributed by atoms with Gasteiger partial charge >= 0.3 is 0 Å². The standard InChI is InChI=1S/C15H19N3OS/c1-19-13-5-2-4-11(10-13)15-18-17-14(20-15)6-3-9-16-12-7-8-12/h2,4-5,10,12,16H,3,6-9H2,1H3. The maximum Gasteiger partial charge on any atom is 0.147 e. The SMILES string of the molecule is COc1cccc(-c2nnc(CCCNC3CC3)s2)c1. The number of nitrogens with zero attached hydrogens (tertiary/aromatic N) is 2. The van der Waals surface area contributed by atoms with Crippen LogP contribution in [0.5, 0.6) is 5.75 Å². The van der Waals surface area contributed by atoms with Crippen molar-refractivity contribution in [2.75, 3.05) is 13.7 Å². The minimum absolute atomic E-state index is 0.789. The summed E-state index contributed by atoms with van der Waals surface area (Å²) in [7, 11) is 1.68. The predicted octanol–water partition coefficient (Wildman–Crippen LogP) is 2.90. The molecule has 1 heterocycles. The third kappa shape index (κ3) is 3.55. The van der Waals surface area contributed by atoms with Crippen LogP contribution in [0.2, 0.25) is 0 Å². The second-order valence-corrected chi connectivity index (χ2v) is 6.13. The zero-order valence-electron chi connectivity index (χ0n) is 11.6. The van der Waals surface area contributed by atoms with Gasteiger partial charge in [-0.05, 0) is 37.9 Å².